The molecule has 0 aliphatic carbocycles. The zero-order valence-corrected chi connectivity index (χ0v) is 33.7. The standard InChI is InChI=1S/C43H46N4O9S/c1-42(2)32-12-9-10-13-34(32)45(5)36(42)24-30(28-15-17-29(18-16-28)41(51)56-55-6)25-37-43(3,4)33-26-31(57(52,53)54)19-20-35(33)46(37)23-11-7-8-14-38(48)44-27-47-39(49)21-22-40(47)50/h9-10,12-13,15-22,24-26H,7-8,11,14,23,27H2,1-6H3,(H-,44,48,52,53,54)/p+1. The summed E-state index contributed by atoms with van der Waals surface area (Å²) in [5.74, 6) is -1.84. The molecule has 3 heterocycles. The molecule has 0 bridgehead atoms. The van der Waals surface area contributed by atoms with Crippen LogP contribution in [0.4, 0.5) is 11.4 Å². The summed E-state index contributed by atoms with van der Waals surface area (Å²) in [6.07, 6.45) is 8.69. The van der Waals surface area contributed by atoms with Crippen LogP contribution in [0, 0.1) is 0 Å². The number of imide groups is 1. The highest BCUT2D eigenvalue weighted by Gasteiger charge is 2.44. The van der Waals surface area contributed by atoms with Crippen LogP contribution in [0.3, 0.4) is 0 Å². The highest BCUT2D eigenvalue weighted by Crippen LogP contribution is 2.50. The third kappa shape index (κ3) is 8.24. The number of carbonyl (C=O) groups excluding carboxylic acids is 4. The first kappa shape index (κ1) is 40.9. The van der Waals surface area contributed by atoms with Gasteiger partial charge < -0.3 is 10.2 Å². The average Bonchev–Trinajstić information content (AvgIpc) is 3.68. The molecule has 0 fully saturated rings. The van der Waals surface area contributed by atoms with Gasteiger partial charge in [0, 0.05) is 59.6 Å². The number of carbonyl (C=O) groups is 4. The van der Waals surface area contributed by atoms with E-state index in [-0.39, 0.29) is 29.3 Å². The van der Waals surface area contributed by atoms with Crippen LogP contribution >= 0.6 is 0 Å². The topological polar surface area (TPSA) is 163 Å². The van der Waals surface area contributed by atoms with Gasteiger partial charge in [0.05, 0.1) is 23.0 Å². The summed E-state index contributed by atoms with van der Waals surface area (Å²) in [7, 11) is -1.19. The van der Waals surface area contributed by atoms with Crippen LogP contribution in [0.1, 0.15) is 80.4 Å². The molecule has 298 valence electrons. The number of allylic oxidation sites excluding steroid dienone is 4. The Labute approximate surface area is 332 Å². The normalized spacial score (nSPS) is 17.7. The van der Waals surface area contributed by atoms with E-state index >= 15 is 0 Å². The smallest absolute Gasteiger partial charge is 0.344 e. The largest absolute Gasteiger partial charge is 0.373 e. The second-order valence-corrected chi connectivity index (χ2v) is 16.7. The Hall–Kier alpha value is -5.70. The van der Waals surface area contributed by atoms with E-state index in [9.17, 15) is 32.1 Å². The number of rotatable bonds is 14. The number of nitrogens with zero attached hydrogens (tertiary/aromatic N) is 3. The molecule has 0 atom stereocenters. The first-order valence-corrected chi connectivity index (χ1v) is 20.1. The molecule has 2 N–H and O–H groups in total. The predicted octanol–water partition coefficient (Wildman–Crippen LogP) is 5.98. The molecular weight excluding hydrogens is 749 g/mol. The molecule has 3 aliphatic rings. The maximum absolute atomic E-state index is 12.6. The van der Waals surface area contributed by atoms with E-state index in [4.69, 9.17) is 4.89 Å². The Morgan fingerprint density at radius 1 is 0.860 bits per heavy atom. The van der Waals surface area contributed by atoms with Gasteiger partial charge in [-0.15, -0.1) is 0 Å². The van der Waals surface area contributed by atoms with E-state index in [1.54, 1.807) is 18.2 Å². The SMILES string of the molecule is COOC(=O)c1ccc(C(=C\C2=[N+](C)c3ccccc3C2(C)C)/C=C2\N(CCCCCC(=O)NCN3C(=O)C=CC3=O)c3ccc(S(=O)(=O)O)cc3C2(C)C)cc1. The van der Waals surface area contributed by atoms with Crippen molar-refractivity contribution in [2.24, 2.45) is 0 Å². The fourth-order valence-electron chi connectivity index (χ4n) is 7.78. The van der Waals surface area contributed by atoms with E-state index in [2.05, 4.69) is 57.8 Å². The molecular formula is C43H47N4O9S+. The van der Waals surface area contributed by atoms with Gasteiger partial charge in [-0.3, -0.25) is 28.7 Å². The lowest BCUT2D eigenvalue weighted by molar-refractivity contribution is -0.401. The maximum atomic E-state index is 12.6. The molecule has 14 heteroatoms. The monoisotopic (exact) mass is 795 g/mol. The number of hydrogen-bond donors (Lipinski definition) is 2. The minimum Gasteiger partial charge on any atom is -0.344 e. The molecule has 0 saturated carbocycles. The fourth-order valence-corrected chi connectivity index (χ4v) is 8.28. The first-order valence-electron chi connectivity index (χ1n) is 18.6. The van der Waals surface area contributed by atoms with Crippen LogP contribution in [0.5, 0.6) is 0 Å². The van der Waals surface area contributed by atoms with Crippen molar-refractivity contribution in [1.29, 1.82) is 0 Å². The Morgan fingerprint density at radius 3 is 2.18 bits per heavy atom. The summed E-state index contributed by atoms with van der Waals surface area (Å²) in [6.45, 7) is 8.72. The second-order valence-electron chi connectivity index (χ2n) is 15.3. The van der Waals surface area contributed by atoms with Gasteiger partial charge in [-0.2, -0.15) is 17.9 Å². The lowest BCUT2D eigenvalue weighted by atomic mass is 9.79. The van der Waals surface area contributed by atoms with Gasteiger partial charge >= 0.3 is 5.97 Å². The zero-order valence-electron chi connectivity index (χ0n) is 32.9. The van der Waals surface area contributed by atoms with Crippen LogP contribution in [-0.4, -0.2) is 79.2 Å². The Bertz CT molecular complexity index is 2360. The third-order valence-corrected chi connectivity index (χ3v) is 11.8. The molecule has 6 rings (SSSR count). The van der Waals surface area contributed by atoms with Crippen LogP contribution in [0.15, 0.2) is 102 Å². The van der Waals surface area contributed by atoms with Gasteiger partial charge in [-0.05, 0) is 79.8 Å². The number of fused-ring (bicyclic) bond motifs is 2. The third-order valence-electron chi connectivity index (χ3n) is 10.9. The highest BCUT2D eigenvalue weighted by atomic mass is 32.2. The summed E-state index contributed by atoms with van der Waals surface area (Å²) in [6, 6.07) is 19.9. The molecule has 3 aliphatic heterocycles. The maximum Gasteiger partial charge on any atom is 0.373 e. The van der Waals surface area contributed by atoms with Crippen molar-refractivity contribution in [2.75, 3.05) is 32.3 Å². The number of unbranched alkanes of at least 4 members (excludes halogenated alkanes) is 2. The number of para-hydroxylation sites is 1. The van der Waals surface area contributed by atoms with Crippen molar-refractivity contribution < 1.29 is 46.5 Å². The van der Waals surface area contributed by atoms with Gasteiger partial charge in [0.15, 0.2) is 5.71 Å². The molecule has 0 aromatic heterocycles. The second kappa shape index (κ2) is 16.0. The Kier molecular flexibility index (Phi) is 11.5. The van der Waals surface area contributed by atoms with Crippen molar-refractivity contribution in [1.82, 2.24) is 10.2 Å². The Balaban J connectivity index is 1.35. The molecule has 3 aromatic carbocycles. The van der Waals surface area contributed by atoms with Crippen LogP contribution < -0.4 is 10.2 Å². The van der Waals surface area contributed by atoms with Crippen molar-refractivity contribution in [3.63, 3.8) is 0 Å². The van der Waals surface area contributed by atoms with Crippen molar-refractivity contribution in [2.45, 2.75) is 69.1 Å². The van der Waals surface area contributed by atoms with Crippen LogP contribution in [-0.2, 0) is 45.1 Å². The molecule has 3 amide bonds. The van der Waals surface area contributed by atoms with Gasteiger partial charge in [-0.1, -0.05) is 50.6 Å². The van der Waals surface area contributed by atoms with Gasteiger partial charge in [0.1, 0.15) is 13.7 Å². The van der Waals surface area contributed by atoms with Crippen molar-refractivity contribution >= 4 is 56.5 Å². The van der Waals surface area contributed by atoms with Gasteiger partial charge in [-0.25, -0.2) is 4.79 Å². The lowest BCUT2D eigenvalue weighted by Gasteiger charge is -2.28. The Morgan fingerprint density at radius 2 is 1.53 bits per heavy atom. The molecule has 0 radical (unpaired) electrons. The summed E-state index contributed by atoms with van der Waals surface area (Å²) < 4.78 is 36.8. The summed E-state index contributed by atoms with van der Waals surface area (Å²) >= 11 is 0. The first-order chi connectivity index (χ1) is 26.9. The van der Waals surface area contributed by atoms with Crippen LogP contribution in [0.2, 0.25) is 0 Å². The summed E-state index contributed by atoms with van der Waals surface area (Å²) in [5, 5.41) is 2.64. The number of nitrogens with one attached hydrogen (secondary N) is 1. The van der Waals surface area contributed by atoms with E-state index in [0.29, 0.717) is 31.4 Å². The van der Waals surface area contributed by atoms with E-state index in [1.807, 2.05) is 45.2 Å². The molecule has 0 saturated heterocycles. The molecule has 13 nitrogen and oxygen atoms in total. The van der Waals surface area contributed by atoms with E-state index in [0.717, 1.165) is 44.4 Å². The molecule has 57 heavy (non-hydrogen) atoms. The molecule has 0 spiro atoms. The van der Waals surface area contributed by atoms with E-state index < -0.39 is 33.3 Å². The number of hydrogen-bond acceptors (Lipinski definition) is 9. The summed E-state index contributed by atoms with van der Waals surface area (Å²) in [5.41, 5.74) is 6.56. The summed E-state index contributed by atoms with van der Waals surface area (Å²) in [4.78, 5) is 60.9. The lowest BCUT2D eigenvalue weighted by Crippen LogP contribution is -2.40. The minimum atomic E-state index is -4.49. The molecule has 0 unspecified atom stereocenters. The predicted molar refractivity (Wildman–Crippen MR) is 214 cm³/mol. The van der Waals surface area contributed by atoms with Gasteiger partial charge in [0.25, 0.3) is 21.9 Å². The van der Waals surface area contributed by atoms with E-state index in [1.165, 1.54) is 37.0 Å². The molecule has 3 aromatic rings. The van der Waals surface area contributed by atoms with Gasteiger partial charge in [0.2, 0.25) is 11.6 Å². The number of benzene rings is 3. The quantitative estimate of drug-likeness (QED) is 0.0496. The number of amides is 3. The van der Waals surface area contributed by atoms with Crippen molar-refractivity contribution in [3.05, 3.63) is 119 Å². The average molecular weight is 796 g/mol. The highest BCUT2D eigenvalue weighted by molar-refractivity contribution is 7.85. The zero-order chi connectivity index (χ0) is 41.3. The van der Waals surface area contributed by atoms with Crippen LogP contribution in [0.25, 0.3) is 5.57 Å². The minimum absolute atomic E-state index is 0.184. The van der Waals surface area contributed by atoms with Crippen molar-refractivity contribution in [3.8, 4) is 0 Å². The number of anilines is 1. The fraction of sp³-hybridized carbons (Fsp3) is 0.326.